The average molecular weight is 371 g/mol. The summed E-state index contributed by atoms with van der Waals surface area (Å²) >= 11 is 0. The lowest BCUT2D eigenvalue weighted by molar-refractivity contribution is 0.0526. The number of carbonyl (C=O) groups excluding carboxylic acids is 1. The molecular formula is C23H21N3O2. The number of aromatic nitrogens is 2. The van der Waals surface area contributed by atoms with Crippen LogP contribution in [0, 0.1) is 6.92 Å². The molecule has 5 nitrogen and oxygen atoms in total. The Morgan fingerprint density at radius 2 is 1.71 bits per heavy atom. The zero-order valence-electron chi connectivity index (χ0n) is 15.8. The molecule has 0 spiro atoms. The first-order valence-electron chi connectivity index (χ1n) is 9.21. The van der Waals surface area contributed by atoms with Crippen LogP contribution in [0.1, 0.15) is 23.0 Å². The molecule has 0 aliphatic rings. The summed E-state index contributed by atoms with van der Waals surface area (Å²) in [5.74, 6) is -0.444. The van der Waals surface area contributed by atoms with Crippen molar-refractivity contribution in [3.63, 3.8) is 0 Å². The zero-order chi connectivity index (χ0) is 19.7. The lowest BCUT2D eigenvalue weighted by Gasteiger charge is -2.12. The normalized spacial score (nSPS) is 10.9. The van der Waals surface area contributed by atoms with Gasteiger partial charge in [-0.15, -0.1) is 0 Å². The van der Waals surface area contributed by atoms with E-state index in [0.717, 1.165) is 22.3 Å². The van der Waals surface area contributed by atoms with Crippen molar-refractivity contribution in [2.75, 3.05) is 12.3 Å². The minimum Gasteiger partial charge on any atom is -0.462 e. The van der Waals surface area contributed by atoms with E-state index in [0.29, 0.717) is 22.6 Å². The molecule has 0 fully saturated rings. The van der Waals surface area contributed by atoms with Crippen molar-refractivity contribution in [3.8, 4) is 16.9 Å². The molecule has 0 radical (unpaired) electrons. The maximum absolute atomic E-state index is 12.4. The van der Waals surface area contributed by atoms with Gasteiger partial charge < -0.3 is 10.5 Å². The number of carbonyl (C=O) groups is 1. The number of fused-ring (bicyclic) bond motifs is 1. The minimum absolute atomic E-state index is 0.288. The Bertz CT molecular complexity index is 1150. The number of hydrogen-bond donors (Lipinski definition) is 1. The number of rotatable bonds is 4. The number of anilines is 1. The standard InChI is InChI=1S/C23H21N3O2/c1-3-28-23(27)20-15(2)25-22-18(21(20)24)14-19(16-10-6-4-7-11-16)26(22)17-12-8-5-9-13-17/h4-14H,3H2,1-2H3,(H2,24,25). The molecular weight excluding hydrogens is 350 g/mol. The molecule has 4 aromatic rings. The summed E-state index contributed by atoms with van der Waals surface area (Å²) in [6.07, 6.45) is 0. The van der Waals surface area contributed by atoms with Gasteiger partial charge in [-0.1, -0.05) is 48.5 Å². The van der Waals surface area contributed by atoms with Gasteiger partial charge in [0.1, 0.15) is 11.2 Å². The monoisotopic (exact) mass is 371 g/mol. The lowest BCUT2D eigenvalue weighted by atomic mass is 10.1. The molecule has 28 heavy (non-hydrogen) atoms. The number of aryl methyl sites for hydroxylation is 1. The topological polar surface area (TPSA) is 70.1 Å². The van der Waals surface area contributed by atoms with E-state index in [2.05, 4.69) is 4.57 Å². The van der Waals surface area contributed by atoms with Gasteiger partial charge in [0.2, 0.25) is 0 Å². The fourth-order valence-electron chi connectivity index (χ4n) is 3.47. The first-order valence-corrected chi connectivity index (χ1v) is 9.21. The van der Waals surface area contributed by atoms with E-state index in [-0.39, 0.29) is 6.61 Å². The molecule has 0 saturated heterocycles. The van der Waals surface area contributed by atoms with Crippen LogP contribution in [-0.4, -0.2) is 22.1 Å². The van der Waals surface area contributed by atoms with Gasteiger partial charge in [0.05, 0.1) is 23.7 Å². The Labute approximate surface area is 163 Å². The molecule has 0 aliphatic heterocycles. The van der Waals surface area contributed by atoms with Gasteiger partial charge in [-0.2, -0.15) is 0 Å². The first kappa shape index (κ1) is 17.8. The maximum atomic E-state index is 12.4. The van der Waals surface area contributed by atoms with E-state index in [1.54, 1.807) is 13.8 Å². The second-order valence-corrected chi connectivity index (χ2v) is 6.51. The second-order valence-electron chi connectivity index (χ2n) is 6.51. The van der Waals surface area contributed by atoms with Crippen LogP contribution in [0.25, 0.3) is 28.0 Å². The van der Waals surface area contributed by atoms with Crippen LogP contribution in [-0.2, 0) is 4.74 Å². The maximum Gasteiger partial charge on any atom is 0.342 e. The SMILES string of the molecule is CCOC(=O)c1c(C)nc2c(cc(-c3ccccc3)n2-c2ccccc2)c1N. The van der Waals surface area contributed by atoms with Crippen molar-refractivity contribution in [1.82, 2.24) is 9.55 Å². The molecule has 0 saturated carbocycles. The molecule has 140 valence electrons. The van der Waals surface area contributed by atoms with Crippen molar-refractivity contribution < 1.29 is 9.53 Å². The highest BCUT2D eigenvalue weighted by Crippen LogP contribution is 2.35. The first-order chi connectivity index (χ1) is 13.6. The molecule has 0 bridgehead atoms. The van der Waals surface area contributed by atoms with Crippen LogP contribution in [0.4, 0.5) is 5.69 Å². The second kappa shape index (κ2) is 7.19. The molecule has 5 heteroatoms. The van der Waals surface area contributed by atoms with Gasteiger partial charge in [0.15, 0.2) is 0 Å². The number of hydrogen-bond acceptors (Lipinski definition) is 4. The third kappa shape index (κ3) is 2.91. The van der Waals surface area contributed by atoms with Gasteiger partial charge in [0.25, 0.3) is 0 Å². The van der Waals surface area contributed by atoms with Crippen LogP contribution in [0.15, 0.2) is 66.7 Å². The number of para-hydroxylation sites is 1. The molecule has 0 aliphatic carbocycles. The third-order valence-corrected chi connectivity index (χ3v) is 4.73. The number of nitrogen functional groups attached to an aromatic ring is 1. The number of nitrogens with two attached hydrogens (primary N) is 1. The number of ether oxygens (including phenoxy) is 1. The van der Waals surface area contributed by atoms with Gasteiger partial charge in [-0.25, -0.2) is 9.78 Å². The summed E-state index contributed by atoms with van der Waals surface area (Å²) in [7, 11) is 0. The molecule has 2 N–H and O–H groups in total. The van der Waals surface area contributed by atoms with E-state index < -0.39 is 5.97 Å². The highest BCUT2D eigenvalue weighted by Gasteiger charge is 2.22. The summed E-state index contributed by atoms with van der Waals surface area (Å²) in [4.78, 5) is 17.2. The van der Waals surface area contributed by atoms with Crippen LogP contribution in [0.2, 0.25) is 0 Å². The number of benzene rings is 2. The summed E-state index contributed by atoms with van der Waals surface area (Å²) in [5, 5.41) is 0.733. The van der Waals surface area contributed by atoms with E-state index in [4.69, 9.17) is 15.5 Å². The Morgan fingerprint density at radius 1 is 1.07 bits per heavy atom. The minimum atomic E-state index is -0.444. The lowest BCUT2D eigenvalue weighted by Crippen LogP contribution is -2.12. The Morgan fingerprint density at radius 3 is 2.36 bits per heavy atom. The fraction of sp³-hybridized carbons (Fsp3) is 0.130. The van der Waals surface area contributed by atoms with E-state index >= 15 is 0 Å². The zero-order valence-corrected chi connectivity index (χ0v) is 15.8. The summed E-state index contributed by atoms with van der Waals surface area (Å²) in [5.41, 5.74) is 11.4. The predicted octanol–water partition coefficient (Wildman–Crippen LogP) is 4.76. The Kier molecular flexibility index (Phi) is 4.57. The Hall–Kier alpha value is -3.60. The van der Waals surface area contributed by atoms with E-state index in [9.17, 15) is 4.79 Å². The molecule has 2 aromatic carbocycles. The average Bonchev–Trinajstić information content (AvgIpc) is 3.09. The highest BCUT2D eigenvalue weighted by atomic mass is 16.5. The van der Waals surface area contributed by atoms with Crippen LogP contribution in [0.5, 0.6) is 0 Å². The molecule has 2 heterocycles. The van der Waals surface area contributed by atoms with Crippen LogP contribution >= 0.6 is 0 Å². The predicted molar refractivity (Wildman–Crippen MR) is 112 cm³/mol. The fourth-order valence-corrected chi connectivity index (χ4v) is 3.47. The Balaban J connectivity index is 2.06. The largest absolute Gasteiger partial charge is 0.462 e. The summed E-state index contributed by atoms with van der Waals surface area (Å²) in [6, 6.07) is 22.0. The number of esters is 1. The molecule has 2 aromatic heterocycles. The number of pyridine rings is 1. The van der Waals surface area contributed by atoms with Gasteiger partial charge in [-0.3, -0.25) is 4.57 Å². The van der Waals surface area contributed by atoms with Crippen LogP contribution < -0.4 is 5.73 Å². The van der Waals surface area contributed by atoms with Crippen molar-refractivity contribution in [1.29, 1.82) is 0 Å². The van der Waals surface area contributed by atoms with Gasteiger partial charge in [0, 0.05) is 11.1 Å². The molecule has 0 amide bonds. The molecule has 0 unspecified atom stereocenters. The van der Waals surface area contributed by atoms with Crippen molar-refractivity contribution in [2.24, 2.45) is 0 Å². The summed E-state index contributed by atoms with van der Waals surface area (Å²) in [6.45, 7) is 3.84. The third-order valence-electron chi connectivity index (χ3n) is 4.73. The van der Waals surface area contributed by atoms with Gasteiger partial charge in [-0.05, 0) is 37.6 Å². The quantitative estimate of drug-likeness (QED) is 0.525. The van der Waals surface area contributed by atoms with Crippen molar-refractivity contribution in [2.45, 2.75) is 13.8 Å². The van der Waals surface area contributed by atoms with Gasteiger partial charge >= 0.3 is 5.97 Å². The van der Waals surface area contributed by atoms with Crippen LogP contribution in [0.3, 0.4) is 0 Å². The van der Waals surface area contributed by atoms with Crippen molar-refractivity contribution in [3.05, 3.63) is 78.0 Å². The molecule has 4 rings (SSSR count). The summed E-state index contributed by atoms with van der Waals surface area (Å²) < 4.78 is 7.25. The van der Waals surface area contributed by atoms with Crippen molar-refractivity contribution >= 4 is 22.7 Å². The van der Waals surface area contributed by atoms with E-state index in [1.165, 1.54) is 0 Å². The number of nitrogens with zero attached hydrogens (tertiary/aromatic N) is 2. The molecule has 0 atom stereocenters. The van der Waals surface area contributed by atoms with E-state index in [1.807, 2.05) is 66.7 Å². The highest BCUT2D eigenvalue weighted by molar-refractivity contribution is 6.06. The smallest absolute Gasteiger partial charge is 0.342 e.